The number of amides is 1. The number of nitrogens with one attached hydrogen (secondary N) is 1. The Hall–Kier alpha value is -1.55. The molecule has 116 valence electrons. The summed E-state index contributed by atoms with van der Waals surface area (Å²) < 4.78 is 5.60. The van der Waals surface area contributed by atoms with Crippen LogP contribution in [0.2, 0.25) is 0 Å². The van der Waals surface area contributed by atoms with Crippen LogP contribution in [-0.4, -0.2) is 37.0 Å². The SMILES string of the molecule is CCNC(CC)c1ccc(OCC(=O)N2CCCC2)cc1. The van der Waals surface area contributed by atoms with Gasteiger partial charge in [-0.2, -0.15) is 0 Å². The predicted octanol–water partition coefficient (Wildman–Crippen LogP) is 2.75. The Balaban J connectivity index is 1.85. The minimum atomic E-state index is 0.0932. The van der Waals surface area contributed by atoms with Crippen molar-refractivity contribution >= 4 is 5.91 Å². The maximum Gasteiger partial charge on any atom is 0.260 e. The van der Waals surface area contributed by atoms with Crippen molar-refractivity contribution in [3.8, 4) is 5.75 Å². The molecule has 0 spiro atoms. The van der Waals surface area contributed by atoms with Gasteiger partial charge in [-0.15, -0.1) is 0 Å². The van der Waals surface area contributed by atoms with E-state index in [1.807, 2.05) is 17.0 Å². The Morgan fingerprint density at radius 3 is 2.48 bits per heavy atom. The number of rotatable bonds is 7. The van der Waals surface area contributed by atoms with E-state index in [1.54, 1.807) is 0 Å². The molecule has 0 saturated carbocycles. The van der Waals surface area contributed by atoms with E-state index in [2.05, 4.69) is 31.3 Å². The minimum Gasteiger partial charge on any atom is -0.484 e. The Morgan fingerprint density at radius 1 is 1.24 bits per heavy atom. The molecule has 1 amide bonds. The predicted molar refractivity (Wildman–Crippen MR) is 84.5 cm³/mol. The van der Waals surface area contributed by atoms with Crippen LogP contribution in [0.3, 0.4) is 0 Å². The Morgan fingerprint density at radius 2 is 1.90 bits per heavy atom. The highest BCUT2D eigenvalue weighted by Gasteiger charge is 2.18. The number of carbonyl (C=O) groups is 1. The van der Waals surface area contributed by atoms with Crippen LogP contribution < -0.4 is 10.1 Å². The topological polar surface area (TPSA) is 41.6 Å². The normalized spacial score (nSPS) is 16.0. The fourth-order valence-electron chi connectivity index (χ4n) is 2.74. The second-order valence-corrected chi connectivity index (χ2v) is 5.46. The molecule has 1 saturated heterocycles. The van der Waals surface area contributed by atoms with Crippen LogP contribution in [0.4, 0.5) is 0 Å². The lowest BCUT2D eigenvalue weighted by Crippen LogP contribution is -2.32. The van der Waals surface area contributed by atoms with Gasteiger partial charge in [-0.25, -0.2) is 0 Å². The van der Waals surface area contributed by atoms with Crippen molar-refractivity contribution in [2.24, 2.45) is 0 Å². The second-order valence-electron chi connectivity index (χ2n) is 5.46. The zero-order valence-corrected chi connectivity index (χ0v) is 13.1. The van der Waals surface area contributed by atoms with Crippen LogP contribution in [-0.2, 0) is 4.79 Å². The van der Waals surface area contributed by atoms with E-state index in [0.717, 1.165) is 44.6 Å². The van der Waals surface area contributed by atoms with Gasteiger partial charge in [0.15, 0.2) is 6.61 Å². The van der Waals surface area contributed by atoms with Crippen LogP contribution in [0.5, 0.6) is 5.75 Å². The van der Waals surface area contributed by atoms with Gasteiger partial charge < -0.3 is 15.0 Å². The maximum absolute atomic E-state index is 11.9. The molecule has 1 aliphatic heterocycles. The highest BCUT2D eigenvalue weighted by Crippen LogP contribution is 2.20. The van der Waals surface area contributed by atoms with Crippen LogP contribution in [0.15, 0.2) is 24.3 Å². The molecule has 1 N–H and O–H groups in total. The summed E-state index contributed by atoms with van der Waals surface area (Å²) in [7, 11) is 0. The van der Waals surface area contributed by atoms with Gasteiger partial charge in [0.05, 0.1) is 0 Å². The average molecular weight is 290 g/mol. The van der Waals surface area contributed by atoms with E-state index >= 15 is 0 Å². The van der Waals surface area contributed by atoms with Crippen molar-refractivity contribution in [3.05, 3.63) is 29.8 Å². The first-order chi connectivity index (χ1) is 10.2. The third-order valence-corrected chi connectivity index (χ3v) is 3.96. The molecule has 0 aliphatic carbocycles. The second kappa shape index (κ2) is 8.03. The molecule has 4 nitrogen and oxygen atoms in total. The molecule has 1 aliphatic rings. The number of nitrogens with zero attached hydrogens (tertiary/aromatic N) is 1. The lowest BCUT2D eigenvalue weighted by molar-refractivity contribution is -0.132. The van der Waals surface area contributed by atoms with Gasteiger partial charge >= 0.3 is 0 Å². The largest absolute Gasteiger partial charge is 0.484 e. The number of likely N-dealkylation sites (tertiary alicyclic amines) is 1. The monoisotopic (exact) mass is 290 g/mol. The first-order valence-electron chi connectivity index (χ1n) is 7.98. The zero-order valence-electron chi connectivity index (χ0n) is 13.1. The van der Waals surface area contributed by atoms with Crippen LogP contribution in [0.1, 0.15) is 44.7 Å². The molecule has 1 heterocycles. The van der Waals surface area contributed by atoms with Crippen LogP contribution in [0.25, 0.3) is 0 Å². The van der Waals surface area contributed by atoms with Crippen LogP contribution in [0, 0.1) is 0 Å². The van der Waals surface area contributed by atoms with Crippen molar-refractivity contribution in [2.75, 3.05) is 26.2 Å². The fourth-order valence-corrected chi connectivity index (χ4v) is 2.74. The molecular formula is C17H26N2O2. The summed E-state index contributed by atoms with van der Waals surface area (Å²) in [6.07, 6.45) is 3.29. The Bertz CT molecular complexity index is 439. The first-order valence-corrected chi connectivity index (χ1v) is 7.98. The van der Waals surface area contributed by atoms with Crippen molar-refractivity contribution in [1.29, 1.82) is 0 Å². The molecular weight excluding hydrogens is 264 g/mol. The molecule has 0 radical (unpaired) electrons. The lowest BCUT2D eigenvalue weighted by Gasteiger charge is -2.17. The van der Waals surface area contributed by atoms with Crippen molar-refractivity contribution in [1.82, 2.24) is 10.2 Å². The van der Waals surface area contributed by atoms with Crippen molar-refractivity contribution < 1.29 is 9.53 Å². The van der Waals surface area contributed by atoms with E-state index in [4.69, 9.17) is 4.74 Å². The number of hydrogen-bond acceptors (Lipinski definition) is 3. The lowest BCUT2D eigenvalue weighted by atomic mass is 10.0. The van der Waals surface area contributed by atoms with Crippen LogP contribution >= 0.6 is 0 Å². The van der Waals surface area contributed by atoms with E-state index in [-0.39, 0.29) is 12.5 Å². The Kier molecular flexibility index (Phi) is 6.05. The van der Waals surface area contributed by atoms with Crippen molar-refractivity contribution in [3.63, 3.8) is 0 Å². The molecule has 4 heteroatoms. The summed E-state index contributed by atoms with van der Waals surface area (Å²) in [6, 6.07) is 8.44. The minimum absolute atomic E-state index is 0.0932. The molecule has 1 fully saturated rings. The molecule has 1 atom stereocenters. The molecule has 1 unspecified atom stereocenters. The Labute approximate surface area is 127 Å². The third kappa shape index (κ3) is 4.46. The van der Waals surface area contributed by atoms with E-state index in [0.29, 0.717) is 6.04 Å². The third-order valence-electron chi connectivity index (χ3n) is 3.96. The highest BCUT2D eigenvalue weighted by atomic mass is 16.5. The van der Waals surface area contributed by atoms with Gasteiger partial charge in [0, 0.05) is 19.1 Å². The van der Waals surface area contributed by atoms with Gasteiger partial charge in [-0.1, -0.05) is 26.0 Å². The van der Waals surface area contributed by atoms with Gasteiger partial charge in [0.25, 0.3) is 5.91 Å². The summed E-state index contributed by atoms with van der Waals surface area (Å²) in [4.78, 5) is 13.8. The molecule has 0 aromatic heterocycles. The quantitative estimate of drug-likeness (QED) is 0.839. The molecule has 1 aromatic carbocycles. The smallest absolute Gasteiger partial charge is 0.260 e. The van der Waals surface area contributed by atoms with E-state index < -0.39 is 0 Å². The molecule has 1 aromatic rings. The van der Waals surface area contributed by atoms with Gasteiger partial charge in [-0.05, 0) is 43.5 Å². The first kappa shape index (κ1) is 15.8. The summed E-state index contributed by atoms with van der Waals surface area (Å²) >= 11 is 0. The maximum atomic E-state index is 11.9. The van der Waals surface area contributed by atoms with Gasteiger partial charge in [0.2, 0.25) is 0 Å². The summed E-state index contributed by atoms with van der Waals surface area (Å²) in [5.41, 5.74) is 1.26. The van der Waals surface area contributed by atoms with Gasteiger partial charge in [-0.3, -0.25) is 4.79 Å². The highest BCUT2D eigenvalue weighted by molar-refractivity contribution is 5.78. The van der Waals surface area contributed by atoms with Crippen molar-refractivity contribution in [2.45, 2.75) is 39.2 Å². The summed E-state index contributed by atoms with van der Waals surface area (Å²) in [6.45, 7) is 7.14. The standard InChI is InChI=1S/C17H26N2O2/c1-3-16(18-4-2)14-7-9-15(10-8-14)21-13-17(20)19-11-5-6-12-19/h7-10,16,18H,3-6,11-13H2,1-2H3. The number of hydrogen-bond donors (Lipinski definition) is 1. The molecule has 21 heavy (non-hydrogen) atoms. The average Bonchev–Trinajstić information content (AvgIpc) is 3.05. The summed E-state index contributed by atoms with van der Waals surface area (Å²) in [5, 5.41) is 3.45. The van der Waals surface area contributed by atoms with E-state index in [1.165, 1.54) is 5.56 Å². The molecule has 2 rings (SSSR count). The number of ether oxygens (including phenoxy) is 1. The zero-order chi connectivity index (χ0) is 15.1. The summed E-state index contributed by atoms with van der Waals surface area (Å²) in [5.74, 6) is 0.855. The fraction of sp³-hybridized carbons (Fsp3) is 0.588. The van der Waals surface area contributed by atoms with Gasteiger partial charge in [0.1, 0.15) is 5.75 Å². The number of benzene rings is 1. The van der Waals surface area contributed by atoms with E-state index in [9.17, 15) is 4.79 Å². The number of carbonyl (C=O) groups excluding carboxylic acids is 1. The molecule has 0 bridgehead atoms.